The van der Waals surface area contributed by atoms with Crippen molar-refractivity contribution in [1.29, 1.82) is 0 Å². The van der Waals surface area contributed by atoms with Crippen LogP contribution in [0.15, 0.2) is 52.9 Å². The van der Waals surface area contributed by atoms with Gasteiger partial charge in [0.2, 0.25) is 0 Å². The highest BCUT2D eigenvalue weighted by molar-refractivity contribution is 5.98. The van der Waals surface area contributed by atoms with E-state index in [1.807, 2.05) is 55.5 Å². The number of hydrogen-bond donors (Lipinski definition) is 1. The Balaban J connectivity index is 1.74. The summed E-state index contributed by atoms with van der Waals surface area (Å²) in [7, 11) is 1.63. The summed E-state index contributed by atoms with van der Waals surface area (Å²) >= 11 is 0. The summed E-state index contributed by atoms with van der Waals surface area (Å²) in [6.07, 6.45) is 0. The molecule has 3 aromatic rings. The molecular weight excluding hydrogens is 278 g/mol. The number of amides is 1. The molecule has 1 heterocycles. The van der Waals surface area contributed by atoms with Crippen LogP contribution in [0.3, 0.4) is 0 Å². The first-order valence-corrected chi connectivity index (χ1v) is 7.08. The number of nitrogens with one attached hydrogen (secondary N) is 1. The molecule has 1 amide bonds. The van der Waals surface area contributed by atoms with Crippen molar-refractivity contribution in [2.75, 3.05) is 7.11 Å². The standard InChI is InChI=1S/C18H17NO3/c1-12-15-5-3-4-6-16(15)22-17(12)18(20)19-11-13-7-9-14(21-2)10-8-13/h3-10H,11H2,1-2H3,(H,19,20). The molecule has 2 aromatic carbocycles. The molecule has 0 saturated carbocycles. The Morgan fingerprint density at radius 1 is 1.14 bits per heavy atom. The van der Waals surface area contributed by atoms with Crippen LogP contribution < -0.4 is 10.1 Å². The summed E-state index contributed by atoms with van der Waals surface area (Å²) in [5, 5.41) is 3.85. The van der Waals surface area contributed by atoms with Gasteiger partial charge in [0.25, 0.3) is 5.91 Å². The number of aryl methyl sites for hydroxylation is 1. The van der Waals surface area contributed by atoms with Crippen LogP contribution in [-0.4, -0.2) is 13.0 Å². The lowest BCUT2D eigenvalue weighted by Crippen LogP contribution is -2.22. The van der Waals surface area contributed by atoms with Gasteiger partial charge in [-0.2, -0.15) is 0 Å². The van der Waals surface area contributed by atoms with Crippen LogP contribution in [0.5, 0.6) is 5.75 Å². The molecule has 0 bridgehead atoms. The Hall–Kier alpha value is -2.75. The molecule has 0 saturated heterocycles. The van der Waals surface area contributed by atoms with Crippen LogP contribution in [0.2, 0.25) is 0 Å². The molecule has 0 aliphatic carbocycles. The van der Waals surface area contributed by atoms with E-state index in [2.05, 4.69) is 5.32 Å². The highest BCUT2D eigenvalue weighted by Crippen LogP contribution is 2.24. The molecule has 3 rings (SSSR count). The maximum Gasteiger partial charge on any atom is 0.287 e. The van der Waals surface area contributed by atoms with Crippen molar-refractivity contribution in [2.45, 2.75) is 13.5 Å². The fourth-order valence-corrected chi connectivity index (χ4v) is 2.40. The molecule has 1 aromatic heterocycles. The number of fused-ring (bicyclic) bond motifs is 1. The van der Waals surface area contributed by atoms with Crippen LogP contribution in [0.4, 0.5) is 0 Å². The molecule has 0 radical (unpaired) electrons. The van der Waals surface area contributed by atoms with Crippen LogP contribution in [0.1, 0.15) is 21.7 Å². The van der Waals surface area contributed by atoms with Crippen LogP contribution >= 0.6 is 0 Å². The van der Waals surface area contributed by atoms with Gasteiger partial charge in [-0.05, 0) is 30.7 Å². The third-order valence-corrected chi connectivity index (χ3v) is 3.66. The number of hydrogen-bond acceptors (Lipinski definition) is 3. The highest BCUT2D eigenvalue weighted by atomic mass is 16.5. The Morgan fingerprint density at radius 3 is 2.55 bits per heavy atom. The summed E-state index contributed by atoms with van der Waals surface area (Å²) < 4.78 is 10.8. The fraction of sp³-hybridized carbons (Fsp3) is 0.167. The third-order valence-electron chi connectivity index (χ3n) is 3.66. The highest BCUT2D eigenvalue weighted by Gasteiger charge is 2.16. The Bertz CT molecular complexity index is 803. The molecule has 4 heteroatoms. The molecular formula is C18H17NO3. The van der Waals surface area contributed by atoms with Crippen molar-refractivity contribution in [3.8, 4) is 5.75 Å². The second kappa shape index (κ2) is 5.93. The molecule has 0 spiro atoms. The molecule has 112 valence electrons. The van der Waals surface area contributed by atoms with E-state index in [1.165, 1.54) is 0 Å². The molecule has 1 N–H and O–H groups in total. The Kier molecular flexibility index (Phi) is 3.83. The van der Waals surface area contributed by atoms with Crippen molar-refractivity contribution in [1.82, 2.24) is 5.32 Å². The van der Waals surface area contributed by atoms with Gasteiger partial charge in [-0.1, -0.05) is 30.3 Å². The summed E-state index contributed by atoms with van der Waals surface area (Å²) in [4.78, 5) is 12.3. The molecule has 0 aliphatic rings. The molecule has 22 heavy (non-hydrogen) atoms. The van der Waals surface area contributed by atoms with Gasteiger partial charge in [-0.25, -0.2) is 0 Å². The molecule has 4 nitrogen and oxygen atoms in total. The van der Waals surface area contributed by atoms with E-state index in [4.69, 9.17) is 9.15 Å². The molecule has 0 atom stereocenters. The number of methoxy groups -OCH3 is 1. The second-order valence-electron chi connectivity index (χ2n) is 5.08. The summed E-state index contributed by atoms with van der Waals surface area (Å²) in [6.45, 7) is 2.34. The average molecular weight is 295 g/mol. The third kappa shape index (κ3) is 2.68. The predicted octanol–water partition coefficient (Wildman–Crippen LogP) is 3.68. The lowest BCUT2D eigenvalue weighted by molar-refractivity contribution is 0.0924. The van der Waals surface area contributed by atoms with Crippen molar-refractivity contribution in [3.63, 3.8) is 0 Å². The first-order valence-electron chi connectivity index (χ1n) is 7.08. The molecule has 0 fully saturated rings. The average Bonchev–Trinajstić information content (AvgIpc) is 2.90. The number of furan rings is 1. The van der Waals surface area contributed by atoms with Gasteiger partial charge < -0.3 is 14.5 Å². The minimum Gasteiger partial charge on any atom is -0.497 e. The maximum atomic E-state index is 12.3. The fourth-order valence-electron chi connectivity index (χ4n) is 2.40. The summed E-state index contributed by atoms with van der Waals surface area (Å²) in [5.41, 5.74) is 2.60. The topological polar surface area (TPSA) is 51.5 Å². The molecule has 0 unspecified atom stereocenters. The Labute approximate surface area is 128 Å². The second-order valence-corrected chi connectivity index (χ2v) is 5.08. The number of carbonyl (C=O) groups is 1. The number of ether oxygens (including phenoxy) is 1. The lowest BCUT2D eigenvalue weighted by Gasteiger charge is -2.05. The van der Waals surface area contributed by atoms with Crippen molar-refractivity contribution in [2.24, 2.45) is 0 Å². The number of carbonyl (C=O) groups excluding carboxylic acids is 1. The zero-order chi connectivity index (χ0) is 15.5. The summed E-state index contributed by atoms with van der Waals surface area (Å²) in [6, 6.07) is 15.2. The quantitative estimate of drug-likeness (QED) is 0.799. The van der Waals surface area contributed by atoms with Gasteiger partial charge in [-0.15, -0.1) is 0 Å². The lowest BCUT2D eigenvalue weighted by atomic mass is 10.1. The number of rotatable bonds is 4. The van der Waals surface area contributed by atoms with E-state index in [0.29, 0.717) is 12.3 Å². The monoisotopic (exact) mass is 295 g/mol. The minimum atomic E-state index is -0.204. The smallest absolute Gasteiger partial charge is 0.287 e. The Morgan fingerprint density at radius 2 is 1.86 bits per heavy atom. The minimum absolute atomic E-state index is 0.204. The van der Waals surface area contributed by atoms with Gasteiger partial charge in [-0.3, -0.25) is 4.79 Å². The SMILES string of the molecule is COc1ccc(CNC(=O)c2oc3ccccc3c2C)cc1. The van der Waals surface area contributed by atoms with Gasteiger partial charge >= 0.3 is 0 Å². The van der Waals surface area contributed by atoms with Gasteiger partial charge in [0.1, 0.15) is 11.3 Å². The van der Waals surface area contributed by atoms with Gasteiger partial charge in [0.15, 0.2) is 5.76 Å². The van der Waals surface area contributed by atoms with Crippen molar-refractivity contribution >= 4 is 16.9 Å². The maximum absolute atomic E-state index is 12.3. The largest absolute Gasteiger partial charge is 0.497 e. The van der Waals surface area contributed by atoms with E-state index in [9.17, 15) is 4.79 Å². The predicted molar refractivity (Wildman–Crippen MR) is 85.1 cm³/mol. The molecule has 0 aliphatic heterocycles. The van der Waals surface area contributed by atoms with Crippen molar-refractivity contribution in [3.05, 3.63) is 65.4 Å². The van der Waals surface area contributed by atoms with E-state index in [0.717, 1.165) is 27.8 Å². The van der Waals surface area contributed by atoms with E-state index in [-0.39, 0.29) is 5.91 Å². The van der Waals surface area contributed by atoms with Crippen molar-refractivity contribution < 1.29 is 13.9 Å². The van der Waals surface area contributed by atoms with Crippen LogP contribution in [0.25, 0.3) is 11.0 Å². The van der Waals surface area contributed by atoms with E-state index < -0.39 is 0 Å². The first-order chi connectivity index (χ1) is 10.7. The van der Waals surface area contributed by atoms with Crippen LogP contribution in [0, 0.1) is 6.92 Å². The zero-order valence-electron chi connectivity index (χ0n) is 12.6. The van der Waals surface area contributed by atoms with E-state index in [1.54, 1.807) is 7.11 Å². The summed E-state index contributed by atoms with van der Waals surface area (Å²) in [5.74, 6) is 0.961. The number of benzene rings is 2. The zero-order valence-corrected chi connectivity index (χ0v) is 12.6. The van der Waals surface area contributed by atoms with Gasteiger partial charge in [0, 0.05) is 17.5 Å². The van der Waals surface area contributed by atoms with Crippen LogP contribution in [-0.2, 0) is 6.54 Å². The van der Waals surface area contributed by atoms with E-state index >= 15 is 0 Å². The first kappa shape index (κ1) is 14.2. The van der Waals surface area contributed by atoms with Gasteiger partial charge in [0.05, 0.1) is 7.11 Å². The normalized spacial score (nSPS) is 10.6. The number of para-hydroxylation sites is 1.